The van der Waals surface area contributed by atoms with E-state index in [1.807, 2.05) is 12.1 Å². The van der Waals surface area contributed by atoms with E-state index in [9.17, 15) is 31.5 Å². The molecule has 0 aliphatic heterocycles. The van der Waals surface area contributed by atoms with Crippen molar-refractivity contribution >= 4 is 22.7 Å². The number of fused-ring (bicyclic) bond motifs is 1. The van der Waals surface area contributed by atoms with Gasteiger partial charge >= 0.3 is 12.3 Å². The lowest BCUT2D eigenvalue weighted by molar-refractivity contribution is -0.115. The number of halogens is 5. The van der Waals surface area contributed by atoms with E-state index in [2.05, 4.69) is 15.6 Å². The topological polar surface area (TPSA) is 85.2 Å². The second kappa shape index (κ2) is 11.9. The van der Waals surface area contributed by atoms with Crippen LogP contribution in [0, 0.1) is 11.6 Å². The van der Waals surface area contributed by atoms with Gasteiger partial charge in [-0.3, -0.25) is 9.36 Å². The third kappa shape index (κ3) is 7.72. The van der Waals surface area contributed by atoms with Gasteiger partial charge in [0.1, 0.15) is 29.6 Å². The van der Waals surface area contributed by atoms with Crippen molar-refractivity contribution in [1.82, 2.24) is 14.9 Å². The highest BCUT2D eigenvalue weighted by Crippen LogP contribution is 2.40. The number of benzene rings is 3. The predicted octanol–water partition coefficient (Wildman–Crippen LogP) is 7.32. The van der Waals surface area contributed by atoms with Gasteiger partial charge in [0, 0.05) is 18.2 Å². The Morgan fingerprint density at radius 3 is 2.25 bits per heavy atom. The molecule has 44 heavy (non-hydrogen) atoms. The quantitative estimate of drug-likeness (QED) is 0.203. The molecule has 1 aromatic heterocycles. The SMILES string of the molecule is CC(C)(C)OC(=O)NC(Cc1cc(F)cc(F)c1)c1nc2cc(NCC(F)(F)F)ccc2c(=O)n1-c1ccc(C2CC2)cc1. The van der Waals surface area contributed by atoms with Crippen LogP contribution in [0.4, 0.5) is 32.4 Å². The Balaban J connectivity index is 1.68. The number of carbonyl (C=O) groups excluding carboxylic acids is 1. The van der Waals surface area contributed by atoms with Crippen LogP contribution >= 0.6 is 0 Å². The van der Waals surface area contributed by atoms with Crippen molar-refractivity contribution in [2.24, 2.45) is 0 Å². The summed E-state index contributed by atoms with van der Waals surface area (Å²) < 4.78 is 73.7. The third-order valence-corrected chi connectivity index (χ3v) is 6.95. The fraction of sp³-hybridized carbons (Fsp3) is 0.344. The summed E-state index contributed by atoms with van der Waals surface area (Å²) >= 11 is 0. The number of nitrogens with one attached hydrogen (secondary N) is 2. The van der Waals surface area contributed by atoms with Gasteiger partial charge < -0.3 is 15.4 Å². The van der Waals surface area contributed by atoms with Crippen molar-refractivity contribution in [3.8, 4) is 5.69 Å². The first kappa shape index (κ1) is 31.0. The number of nitrogens with zero attached hydrogens (tertiary/aromatic N) is 2. The molecular weight excluding hydrogens is 583 g/mol. The maximum atomic E-state index is 14.2. The minimum absolute atomic E-state index is 0.00910. The molecule has 1 unspecified atom stereocenters. The minimum atomic E-state index is -4.48. The molecule has 3 aromatic carbocycles. The summed E-state index contributed by atoms with van der Waals surface area (Å²) in [6.45, 7) is 3.67. The summed E-state index contributed by atoms with van der Waals surface area (Å²) in [6, 6.07) is 13.1. The molecule has 1 amide bonds. The van der Waals surface area contributed by atoms with Gasteiger partial charge in [-0.05, 0) is 93.1 Å². The van der Waals surface area contributed by atoms with Crippen molar-refractivity contribution in [3.05, 3.63) is 99.6 Å². The van der Waals surface area contributed by atoms with Crippen LogP contribution in [0.1, 0.15) is 62.5 Å². The molecular formula is C32H31F5N4O3. The zero-order chi connectivity index (χ0) is 31.8. The lowest BCUT2D eigenvalue weighted by Gasteiger charge is -2.26. The van der Waals surface area contributed by atoms with Crippen molar-refractivity contribution < 1.29 is 31.5 Å². The Hall–Kier alpha value is -4.48. The van der Waals surface area contributed by atoms with Crippen molar-refractivity contribution in [2.45, 2.75) is 63.8 Å². The average molecular weight is 615 g/mol. The number of alkyl carbamates (subject to hydrolysis) is 1. The average Bonchev–Trinajstić information content (AvgIpc) is 3.75. The lowest BCUT2D eigenvalue weighted by atomic mass is 10.0. The zero-order valence-corrected chi connectivity index (χ0v) is 24.3. The van der Waals surface area contributed by atoms with Crippen molar-refractivity contribution in [1.29, 1.82) is 0 Å². The van der Waals surface area contributed by atoms with Crippen LogP contribution in [0.3, 0.4) is 0 Å². The molecule has 1 fully saturated rings. The largest absolute Gasteiger partial charge is 0.444 e. The zero-order valence-electron chi connectivity index (χ0n) is 24.3. The highest BCUT2D eigenvalue weighted by Gasteiger charge is 2.29. The summed E-state index contributed by atoms with van der Waals surface area (Å²) in [5, 5.41) is 5.08. The Bertz CT molecular complexity index is 1720. The Morgan fingerprint density at radius 1 is 1.00 bits per heavy atom. The normalized spacial score (nSPS) is 14.4. The molecule has 2 N–H and O–H groups in total. The van der Waals surface area contributed by atoms with Crippen LogP contribution in [-0.4, -0.2) is 34.0 Å². The van der Waals surface area contributed by atoms with Gasteiger partial charge in [0.15, 0.2) is 0 Å². The van der Waals surface area contributed by atoms with E-state index in [-0.39, 0.29) is 34.4 Å². The first-order valence-corrected chi connectivity index (χ1v) is 14.1. The van der Waals surface area contributed by atoms with Crippen LogP contribution in [0.15, 0.2) is 65.5 Å². The molecule has 1 aliphatic carbocycles. The standard InChI is InChI=1S/C32H31F5N4O3/c1-31(2,3)44-30(43)40-27(14-18-12-21(33)15-22(34)13-18)28-39-26-16-23(38-17-32(35,36)37)8-11-25(26)29(42)41(28)24-9-6-20(7-10-24)19-4-5-19/h6-13,15-16,19,27,38H,4-5,14,17H2,1-3H3,(H,40,43). The first-order chi connectivity index (χ1) is 20.6. The number of rotatable bonds is 8. The van der Waals surface area contributed by atoms with Gasteiger partial charge in [0.2, 0.25) is 0 Å². The number of ether oxygens (including phenoxy) is 1. The Morgan fingerprint density at radius 2 is 1.66 bits per heavy atom. The van der Waals surface area contributed by atoms with Gasteiger partial charge in [0.25, 0.3) is 5.56 Å². The fourth-order valence-corrected chi connectivity index (χ4v) is 4.93. The molecule has 1 saturated carbocycles. The summed E-state index contributed by atoms with van der Waals surface area (Å²) in [5.41, 5.74) is 0.378. The van der Waals surface area contributed by atoms with Crippen LogP contribution in [0.2, 0.25) is 0 Å². The highest BCUT2D eigenvalue weighted by molar-refractivity contribution is 5.82. The van der Waals surface area contributed by atoms with E-state index in [0.29, 0.717) is 17.7 Å². The number of alkyl halides is 3. The number of hydrogen-bond acceptors (Lipinski definition) is 5. The number of hydrogen-bond donors (Lipinski definition) is 2. The maximum Gasteiger partial charge on any atom is 0.408 e. The molecule has 4 aromatic rings. The van der Waals surface area contributed by atoms with Gasteiger partial charge in [-0.15, -0.1) is 0 Å². The van der Waals surface area contributed by atoms with Crippen molar-refractivity contribution in [3.63, 3.8) is 0 Å². The van der Waals surface area contributed by atoms with Crippen LogP contribution in [-0.2, 0) is 11.2 Å². The van der Waals surface area contributed by atoms with Gasteiger partial charge in [-0.25, -0.2) is 18.6 Å². The van der Waals surface area contributed by atoms with Crippen LogP contribution < -0.4 is 16.2 Å². The molecule has 7 nitrogen and oxygen atoms in total. The second-order valence-electron chi connectivity index (χ2n) is 11.9. The van der Waals surface area contributed by atoms with E-state index in [4.69, 9.17) is 4.74 Å². The molecule has 0 saturated heterocycles. The monoisotopic (exact) mass is 614 g/mol. The maximum absolute atomic E-state index is 14.2. The molecule has 1 aliphatic rings. The third-order valence-electron chi connectivity index (χ3n) is 6.95. The summed E-state index contributed by atoms with van der Waals surface area (Å²) in [4.78, 5) is 31.7. The second-order valence-corrected chi connectivity index (χ2v) is 11.9. The van der Waals surface area contributed by atoms with Crippen molar-refractivity contribution in [2.75, 3.05) is 11.9 Å². The molecule has 0 bridgehead atoms. The molecule has 0 radical (unpaired) electrons. The smallest absolute Gasteiger partial charge is 0.408 e. The fourth-order valence-electron chi connectivity index (χ4n) is 4.93. The molecule has 1 heterocycles. The molecule has 5 rings (SSSR count). The molecule has 232 valence electrons. The molecule has 0 spiro atoms. The summed E-state index contributed by atoms with van der Waals surface area (Å²) in [7, 11) is 0. The van der Waals surface area contributed by atoms with E-state index in [0.717, 1.165) is 30.5 Å². The first-order valence-electron chi connectivity index (χ1n) is 14.1. The summed E-state index contributed by atoms with van der Waals surface area (Å²) in [6.07, 6.45) is -3.41. The number of aromatic nitrogens is 2. The van der Waals surface area contributed by atoms with Gasteiger partial charge in [-0.1, -0.05) is 12.1 Å². The van der Waals surface area contributed by atoms with Gasteiger partial charge in [-0.2, -0.15) is 13.2 Å². The van der Waals surface area contributed by atoms with Crippen LogP contribution in [0.5, 0.6) is 0 Å². The van der Waals surface area contributed by atoms with E-state index < -0.39 is 47.7 Å². The number of carbonyl (C=O) groups is 1. The molecule has 1 atom stereocenters. The van der Waals surface area contributed by atoms with Crippen LogP contribution in [0.25, 0.3) is 16.6 Å². The predicted molar refractivity (Wildman–Crippen MR) is 156 cm³/mol. The Kier molecular flexibility index (Phi) is 8.37. The van der Waals surface area contributed by atoms with E-state index >= 15 is 0 Å². The molecule has 12 heteroatoms. The van der Waals surface area contributed by atoms with Gasteiger partial charge in [0.05, 0.1) is 22.6 Å². The van der Waals surface area contributed by atoms with E-state index in [1.54, 1.807) is 32.9 Å². The number of amides is 1. The number of anilines is 1. The summed E-state index contributed by atoms with van der Waals surface area (Å²) in [5.74, 6) is -1.24. The lowest BCUT2D eigenvalue weighted by Crippen LogP contribution is -2.39. The minimum Gasteiger partial charge on any atom is -0.444 e. The highest BCUT2D eigenvalue weighted by atomic mass is 19.4. The Labute approximate surface area is 250 Å². The van der Waals surface area contributed by atoms with E-state index in [1.165, 1.54) is 22.8 Å².